The number of nitrogens with zero attached hydrogens (tertiary/aromatic N) is 2. The second-order valence-electron chi connectivity index (χ2n) is 6.32. The molecule has 2 heterocycles. The Morgan fingerprint density at radius 3 is 3.04 bits per heavy atom. The summed E-state index contributed by atoms with van der Waals surface area (Å²) < 4.78 is 13.2. The highest BCUT2D eigenvalue weighted by atomic mass is 32.1. The van der Waals surface area contributed by atoms with Crippen LogP contribution in [0.4, 0.5) is 4.39 Å². The van der Waals surface area contributed by atoms with Crippen LogP contribution in [0.5, 0.6) is 0 Å². The summed E-state index contributed by atoms with van der Waals surface area (Å²) in [7, 11) is 1.80. The second-order valence-corrected chi connectivity index (χ2v) is 7.26. The van der Waals surface area contributed by atoms with Gasteiger partial charge in [0.25, 0.3) is 5.91 Å². The number of thiazole rings is 1. The molecular formula is C18H20FN3O2S. The summed E-state index contributed by atoms with van der Waals surface area (Å²) in [5, 5.41) is 5.35. The molecule has 132 valence electrons. The number of amides is 2. The van der Waals surface area contributed by atoms with Gasteiger partial charge in [0.2, 0.25) is 5.91 Å². The van der Waals surface area contributed by atoms with Gasteiger partial charge in [0.05, 0.1) is 5.01 Å². The zero-order chi connectivity index (χ0) is 17.8. The Balaban J connectivity index is 1.48. The summed E-state index contributed by atoms with van der Waals surface area (Å²) in [6.45, 7) is 1.28. The molecule has 2 amide bonds. The molecule has 1 unspecified atom stereocenters. The maximum absolute atomic E-state index is 13.2. The Hall–Kier alpha value is -2.28. The van der Waals surface area contributed by atoms with Crippen LogP contribution in [0, 0.1) is 11.7 Å². The smallest absolute Gasteiger partial charge is 0.270 e. The van der Waals surface area contributed by atoms with Crippen LogP contribution in [-0.2, 0) is 11.2 Å². The summed E-state index contributed by atoms with van der Waals surface area (Å²) in [4.78, 5) is 29.7. The van der Waals surface area contributed by atoms with Crippen molar-refractivity contribution < 1.29 is 14.0 Å². The van der Waals surface area contributed by atoms with Gasteiger partial charge >= 0.3 is 0 Å². The number of rotatable bonds is 6. The molecule has 25 heavy (non-hydrogen) atoms. The topological polar surface area (TPSA) is 62.3 Å². The molecular weight excluding hydrogens is 341 g/mol. The summed E-state index contributed by atoms with van der Waals surface area (Å²) >= 11 is 1.39. The van der Waals surface area contributed by atoms with E-state index in [4.69, 9.17) is 0 Å². The number of hydrogen-bond donors (Lipinski definition) is 1. The average Bonchev–Trinajstić information content (AvgIpc) is 3.15. The molecule has 1 aromatic heterocycles. The lowest BCUT2D eigenvalue weighted by Crippen LogP contribution is -2.26. The van der Waals surface area contributed by atoms with E-state index < -0.39 is 0 Å². The molecule has 1 aliphatic heterocycles. The van der Waals surface area contributed by atoms with Crippen molar-refractivity contribution >= 4 is 23.2 Å². The number of halogens is 1. The van der Waals surface area contributed by atoms with E-state index in [9.17, 15) is 14.0 Å². The number of likely N-dealkylation sites (tertiary alicyclic amines) is 1. The standard InChI is InChI=1S/C18H20FN3O2S/c1-22-10-13(9-17(22)23)5-6-20-18(24)15-11-25-16(21-15)8-12-3-2-4-14(19)7-12/h2-4,7,11,13H,5-6,8-10H2,1H3,(H,20,24). The van der Waals surface area contributed by atoms with E-state index in [0.29, 0.717) is 31.0 Å². The van der Waals surface area contributed by atoms with Crippen LogP contribution in [-0.4, -0.2) is 41.8 Å². The van der Waals surface area contributed by atoms with Crippen molar-refractivity contribution in [2.24, 2.45) is 5.92 Å². The average molecular weight is 361 g/mol. The first-order valence-corrected chi connectivity index (χ1v) is 9.10. The molecule has 7 heteroatoms. The van der Waals surface area contributed by atoms with Crippen LogP contribution in [0.2, 0.25) is 0 Å². The van der Waals surface area contributed by atoms with Crippen molar-refractivity contribution in [3.63, 3.8) is 0 Å². The maximum Gasteiger partial charge on any atom is 0.270 e. The maximum atomic E-state index is 13.2. The molecule has 3 rings (SSSR count). The Bertz CT molecular complexity index is 777. The molecule has 2 aromatic rings. The van der Waals surface area contributed by atoms with Crippen molar-refractivity contribution in [1.29, 1.82) is 0 Å². The first-order chi connectivity index (χ1) is 12.0. The van der Waals surface area contributed by atoms with E-state index in [-0.39, 0.29) is 17.6 Å². The number of carbonyl (C=O) groups excluding carboxylic acids is 2. The van der Waals surface area contributed by atoms with Gasteiger partial charge in [0.15, 0.2) is 0 Å². The lowest BCUT2D eigenvalue weighted by Gasteiger charge is -2.10. The molecule has 1 N–H and O–H groups in total. The molecule has 1 aliphatic rings. The minimum atomic E-state index is -0.275. The minimum Gasteiger partial charge on any atom is -0.351 e. The minimum absolute atomic E-state index is 0.165. The third-order valence-corrected chi connectivity index (χ3v) is 5.14. The molecule has 5 nitrogen and oxygen atoms in total. The molecule has 0 aliphatic carbocycles. The summed E-state index contributed by atoms with van der Waals surface area (Å²) in [6.07, 6.45) is 1.84. The van der Waals surface area contributed by atoms with E-state index in [1.807, 2.05) is 6.07 Å². The first kappa shape index (κ1) is 17.5. The molecule has 0 radical (unpaired) electrons. The molecule has 1 aromatic carbocycles. The van der Waals surface area contributed by atoms with Gasteiger partial charge < -0.3 is 10.2 Å². The molecule has 0 spiro atoms. The Morgan fingerprint density at radius 2 is 2.32 bits per heavy atom. The van der Waals surface area contributed by atoms with Crippen LogP contribution >= 0.6 is 11.3 Å². The van der Waals surface area contributed by atoms with Gasteiger partial charge in [-0.05, 0) is 30.0 Å². The number of benzene rings is 1. The molecule has 0 bridgehead atoms. The van der Waals surface area contributed by atoms with Crippen molar-refractivity contribution in [3.05, 3.63) is 51.7 Å². The van der Waals surface area contributed by atoms with Gasteiger partial charge in [-0.3, -0.25) is 9.59 Å². The van der Waals surface area contributed by atoms with E-state index in [1.54, 1.807) is 23.4 Å². The quantitative estimate of drug-likeness (QED) is 0.860. The van der Waals surface area contributed by atoms with Crippen molar-refractivity contribution in [3.8, 4) is 0 Å². The lowest BCUT2D eigenvalue weighted by molar-refractivity contribution is -0.126. The highest BCUT2D eigenvalue weighted by molar-refractivity contribution is 7.09. The predicted molar refractivity (Wildman–Crippen MR) is 94.0 cm³/mol. The molecule has 1 fully saturated rings. The first-order valence-electron chi connectivity index (χ1n) is 8.22. The molecule has 1 atom stereocenters. The van der Waals surface area contributed by atoms with Crippen LogP contribution in [0.1, 0.15) is 33.9 Å². The van der Waals surface area contributed by atoms with E-state index in [2.05, 4.69) is 10.3 Å². The highest BCUT2D eigenvalue weighted by Gasteiger charge is 2.26. The van der Waals surface area contributed by atoms with E-state index in [1.165, 1.54) is 23.5 Å². The van der Waals surface area contributed by atoms with Gasteiger partial charge in [-0.1, -0.05) is 12.1 Å². The van der Waals surface area contributed by atoms with Gasteiger partial charge in [0, 0.05) is 38.4 Å². The Kier molecular flexibility index (Phi) is 5.43. The zero-order valence-corrected chi connectivity index (χ0v) is 14.8. The summed E-state index contributed by atoms with van der Waals surface area (Å²) in [5.74, 6) is -0.0166. The lowest BCUT2D eigenvalue weighted by atomic mass is 10.1. The van der Waals surface area contributed by atoms with Crippen molar-refractivity contribution in [1.82, 2.24) is 15.2 Å². The van der Waals surface area contributed by atoms with Gasteiger partial charge in [-0.2, -0.15) is 0 Å². The molecule has 1 saturated heterocycles. The number of hydrogen-bond acceptors (Lipinski definition) is 4. The second kappa shape index (κ2) is 7.74. The van der Waals surface area contributed by atoms with E-state index in [0.717, 1.165) is 23.5 Å². The largest absolute Gasteiger partial charge is 0.351 e. The van der Waals surface area contributed by atoms with Crippen molar-refractivity contribution in [2.75, 3.05) is 20.1 Å². The van der Waals surface area contributed by atoms with E-state index >= 15 is 0 Å². The normalized spacial score (nSPS) is 17.1. The van der Waals surface area contributed by atoms with Gasteiger partial charge in [0.1, 0.15) is 11.5 Å². The zero-order valence-electron chi connectivity index (χ0n) is 14.0. The Labute approximate surface area is 149 Å². The SMILES string of the molecule is CN1CC(CCNC(=O)c2csc(Cc3cccc(F)c3)n2)CC1=O. The van der Waals surface area contributed by atoms with Crippen LogP contribution < -0.4 is 5.32 Å². The van der Waals surface area contributed by atoms with Crippen LogP contribution in [0.15, 0.2) is 29.6 Å². The molecule has 0 saturated carbocycles. The highest BCUT2D eigenvalue weighted by Crippen LogP contribution is 2.19. The Morgan fingerprint density at radius 1 is 1.48 bits per heavy atom. The fourth-order valence-corrected chi connectivity index (χ4v) is 3.76. The number of carbonyl (C=O) groups is 2. The third kappa shape index (κ3) is 4.63. The predicted octanol–water partition coefficient (Wildman–Crippen LogP) is 2.47. The van der Waals surface area contributed by atoms with Crippen LogP contribution in [0.25, 0.3) is 0 Å². The van der Waals surface area contributed by atoms with Gasteiger partial charge in [-0.25, -0.2) is 9.37 Å². The summed E-state index contributed by atoms with van der Waals surface area (Å²) in [6, 6.07) is 6.38. The monoisotopic (exact) mass is 361 g/mol. The number of nitrogens with one attached hydrogen (secondary N) is 1. The van der Waals surface area contributed by atoms with Crippen molar-refractivity contribution in [2.45, 2.75) is 19.3 Å². The fourth-order valence-electron chi connectivity index (χ4n) is 2.95. The third-order valence-electron chi connectivity index (χ3n) is 4.29. The van der Waals surface area contributed by atoms with Crippen LogP contribution in [0.3, 0.4) is 0 Å². The summed E-state index contributed by atoms with van der Waals surface area (Å²) in [5.41, 5.74) is 1.22. The number of aromatic nitrogens is 1. The fraction of sp³-hybridized carbons (Fsp3) is 0.389. The van der Waals surface area contributed by atoms with Gasteiger partial charge in [-0.15, -0.1) is 11.3 Å².